The number of hydrogen-bond donors (Lipinski definition) is 0. The maximum atomic E-state index is 5.90. The van der Waals surface area contributed by atoms with E-state index < -0.39 is 4.33 Å². The molecular formula is C10H13Cl2. The van der Waals surface area contributed by atoms with Crippen LogP contribution in [-0.4, -0.2) is 4.33 Å². The van der Waals surface area contributed by atoms with Gasteiger partial charge in [-0.15, -0.1) is 36.4 Å². The van der Waals surface area contributed by atoms with E-state index >= 15 is 0 Å². The smallest absolute Gasteiger partial charge is 0.103 e. The number of hydrogen-bond acceptors (Lipinski definition) is 0. The summed E-state index contributed by atoms with van der Waals surface area (Å²) in [5.41, 5.74) is 0. The fourth-order valence-electron chi connectivity index (χ4n) is 1.24. The van der Waals surface area contributed by atoms with Crippen LogP contribution in [-0.2, 0) is 0 Å². The van der Waals surface area contributed by atoms with E-state index in [0.717, 1.165) is 19.3 Å². The van der Waals surface area contributed by atoms with E-state index in [9.17, 15) is 0 Å². The van der Waals surface area contributed by atoms with E-state index in [1.165, 1.54) is 5.92 Å². The van der Waals surface area contributed by atoms with Crippen LogP contribution in [0.15, 0.2) is 25.3 Å². The lowest BCUT2D eigenvalue weighted by Gasteiger charge is -2.08. The van der Waals surface area contributed by atoms with Crippen LogP contribution in [0, 0.1) is 11.8 Å². The highest BCUT2D eigenvalue weighted by Gasteiger charge is 2.51. The zero-order valence-corrected chi connectivity index (χ0v) is 8.54. The van der Waals surface area contributed by atoms with Crippen LogP contribution in [0.3, 0.4) is 0 Å². The number of allylic oxidation sites excluding steroid dienone is 2. The molecule has 0 saturated heterocycles. The normalized spacial score (nSPS) is 25.4. The van der Waals surface area contributed by atoms with Gasteiger partial charge in [0.2, 0.25) is 0 Å². The average molecular weight is 204 g/mol. The zero-order valence-electron chi connectivity index (χ0n) is 7.02. The lowest BCUT2D eigenvalue weighted by molar-refractivity contribution is 0.737. The monoisotopic (exact) mass is 203 g/mol. The molecule has 0 N–H and O–H groups in total. The predicted molar refractivity (Wildman–Crippen MR) is 55.4 cm³/mol. The molecule has 1 rings (SSSR count). The van der Waals surface area contributed by atoms with Gasteiger partial charge in [0.15, 0.2) is 0 Å². The summed E-state index contributed by atoms with van der Waals surface area (Å²) >= 11 is 11.8. The summed E-state index contributed by atoms with van der Waals surface area (Å²) in [5.74, 6) is 1.70. The second kappa shape index (κ2) is 3.85. The van der Waals surface area contributed by atoms with E-state index in [-0.39, 0.29) is 0 Å². The van der Waals surface area contributed by atoms with Gasteiger partial charge in [-0.25, -0.2) is 0 Å². The predicted octanol–water partition coefficient (Wildman–Crippen LogP) is 3.91. The van der Waals surface area contributed by atoms with Crippen LogP contribution in [0.25, 0.3) is 0 Å². The summed E-state index contributed by atoms with van der Waals surface area (Å²) in [6.07, 6.45) is 6.52. The molecule has 0 aromatic carbocycles. The van der Waals surface area contributed by atoms with Gasteiger partial charge in [0.25, 0.3) is 0 Å². The van der Waals surface area contributed by atoms with Crippen LogP contribution in [0.5, 0.6) is 0 Å². The summed E-state index contributed by atoms with van der Waals surface area (Å²) in [6.45, 7) is 7.42. The molecule has 1 atom stereocenters. The third-order valence-corrected chi connectivity index (χ3v) is 3.09. The summed E-state index contributed by atoms with van der Waals surface area (Å²) in [7, 11) is 0. The van der Waals surface area contributed by atoms with Gasteiger partial charge in [0.1, 0.15) is 4.33 Å². The minimum absolute atomic E-state index is 0.425. The molecular weight excluding hydrogens is 191 g/mol. The maximum Gasteiger partial charge on any atom is 0.121 e. The van der Waals surface area contributed by atoms with E-state index in [1.807, 2.05) is 12.2 Å². The number of halogens is 2. The average Bonchev–Trinajstić information content (AvgIpc) is 2.58. The van der Waals surface area contributed by atoms with Gasteiger partial charge in [-0.05, 0) is 25.2 Å². The van der Waals surface area contributed by atoms with Crippen molar-refractivity contribution >= 4 is 23.2 Å². The Morgan fingerprint density at radius 3 is 2.42 bits per heavy atom. The summed E-state index contributed by atoms with van der Waals surface area (Å²) in [4.78, 5) is 0. The number of rotatable bonds is 5. The van der Waals surface area contributed by atoms with Crippen molar-refractivity contribution in [3.63, 3.8) is 0 Å². The molecule has 12 heavy (non-hydrogen) atoms. The Bertz CT molecular complexity index is 184. The molecule has 1 aliphatic rings. The largest absolute Gasteiger partial charge is 0.121 e. The molecule has 0 aromatic heterocycles. The van der Waals surface area contributed by atoms with Gasteiger partial charge < -0.3 is 0 Å². The molecule has 0 amide bonds. The Morgan fingerprint density at radius 2 is 2.08 bits per heavy atom. The first-order valence-electron chi connectivity index (χ1n) is 4.06. The SMILES string of the molecule is C=CC[C](C=C)CC1CC1(Cl)Cl. The van der Waals surface area contributed by atoms with Crippen LogP contribution < -0.4 is 0 Å². The van der Waals surface area contributed by atoms with Gasteiger partial charge in [-0.1, -0.05) is 12.2 Å². The van der Waals surface area contributed by atoms with Gasteiger partial charge >= 0.3 is 0 Å². The van der Waals surface area contributed by atoms with Crippen molar-refractivity contribution in [2.45, 2.75) is 23.6 Å². The quantitative estimate of drug-likeness (QED) is 0.470. The second-order valence-electron chi connectivity index (χ2n) is 3.22. The molecule has 0 spiro atoms. The first kappa shape index (κ1) is 10.1. The molecule has 0 bridgehead atoms. The van der Waals surface area contributed by atoms with Crippen molar-refractivity contribution in [1.29, 1.82) is 0 Å². The molecule has 67 valence electrons. The van der Waals surface area contributed by atoms with Crippen LogP contribution >= 0.6 is 23.2 Å². The van der Waals surface area contributed by atoms with Crippen molar-refractivity contribution < 1.29 is 0 Å². The summed E-state index contributed by atoms with van der Waals surface area (Å²) in [6, 6.07) is 0. The third kappa shape index (κ3) is 2.53. The van der Waals surface area contributed by atoms with E-state index in [0.29, 0.717) is 5.92 Å². The molecule has 0 nitrogen and oxygen atoms in total. The van der Waals surface area contributed by atoms with Gasteiger partial charge in [-0.2, -0.15) is 0 Å². The van der Waals surface area contributed by atoms with E-state index in [4.69, 9.17) is 23.2 Å². The standard InChI is InChI=1S/C10H13Cl2/c1-3-5-8(4-2)6-9-7-10(9,11)12/h3-4,9H,1-2,5-7H2. The lowest BCUT2D eigenvalue weighted by Crippen LogP contribution is -1.97. The van der Waals surface area contributed by atoms with Crippen molar-refractivity contribution in [2.75, 3.05) is 0 Å². The molecule has 0 heterocycles. The molecule has 0 aliphatic heterocycles. The van der Waals surface area contributed by atoms with E-state index in [2.05, 4.69) is 13.2 Å². The summed E-state index contributed by atoms with van der Waals surface area (Å²) < 4.78 is -0.463. The molecule has 1 aliphatic carbocycles. The van der Waals surface area contributed by atoms with Gasteiger partial charge in [0.05, 0.1) is 0 Å². The lowest BCUT2D eigenvalue weighted by atomic mass is 9.99. The molecule has 1 fully saturated rings. The maximum absolute atomic E-state index is 5.90. The first-order valence-corrected chi connectivity index (χ1v) is 4.81. The molecule has 0 aromatic rings. The summed E-state index contributed by atoms with van der Waals surface area (Å²) in [5, 5.41) is 0. The minimum atomic E-state index is -0.463. The van der Waals surface area contributed by atoms with Crippen molar-refractivity contribution in [2.24, 2.45) is 5.92 Å². The highest BCUT2D eigenvalue weighted by molar-refractivity contribution is 6.50. The second-order valence-corrected chi connectivity index (χ2v) is 4.76. The van der Waals surface area contributed by atoms with Crippen LogP contribution in [0.2, 0.25) is 0 Å². The van der Waals surface area contributed by atoms with Crippen molar-refractivity contribution in [3.8, 4) is 0 Å². The molecule has 2 heteroatoms. The Morgan fingerprint density at radius 1 is 1.50 bits per heavy atom. The Kier molecular flexibility index (Phi) is 3.25. The Balaban J connectivity index is 2.29. The molecule has 1 unspecified atom stereocenters. The topological polar surface area (TPSA) is 0 Å². The fraction of sp³-hybridized carbons (Fsp3) is 0.500. The zero-order chi connectivity index (χ0) is 9.19. The van der Waals surface area contributed by atoms with E-state index in [1.54, 1.807) is 0 Å². The van der Waals surface area contributed by atoms with Crippen molar-refractivity contribution in [1.82, 2.24) is 0 Å². The Hall–Kier alpha value is 0.0600. The van der Waals surface area contributed by atoms with Crippen LogP contribution in [0.1, 0.15) is 19.3 Å². The minimum Gasteiger partial charge on any atom is -0.103 e. The Labute approximate surface area is 84.2 Å². The number of alkyl halides is 2. The molecule has 1 radical (unpaired) electrons. The molecule has 1 saturated carbocycles. The highest BCUT2D eigenvalue weighted by atomic mass is 35.5. The van der Waals surface area contributed by atoms with Crippen molar-refractivity contribution in [3.05, 3.63) is 31.2 Å². The van der Waals surface area contributed by atoms with Gasteiger partial charge in [-0.3, -0.25) is 0 Å². The van der Waals surface area contributed by atoms with Crippen LogP contribution in [0.4, 0.5) is 0 Å². The fourth-order valence-corrected chi connectivity index (χ4v) is 1.77. The first-order chi connectivity index (χ1) is 5.60. The van der Waals surface area contributed by atoms with Gasteiger partial charge in [0, 0.05) is 5.92 Å². The third-order valence-electron chi connectivity index (χ3n) is 2.16. The highest BCUT2D eigenvalue weighted by Crippen LogP contribution is 2.56.